The van der Waals surface area contributed by atoms with Gasteiger partial charge in [-0.1, -0.05) is 60.4 Å². The molecule has 1 aromatic rings. The summed E-state index contributed by atoms with van der Waals surface area (Å²) in [6.45, 7) is 7.31. The normalized spacial score (nSPS) is 20.4. The molecule has 113 valence electrons. The molecule has 0 aliphatic heterocycles. The molecule has 1 saturated carbocycles. The van der Waals surface area contributed by atoms with Gasteiger partial charge in [0.05, 0.1) is 8.07 Å². The Labute approximate surface area is 158 Å². The fourth-order valence-corrected chi connectivity index (χ4v) is 6.15. The highest BCUT2D eigenvalue weighted by atomic mass is 127. The molecule has 0 aromatic heterocycles. The van der Waals surface area contributed by atoms with Gasteiger partial charge < -0.3 is 4.90 Å². The van der Waals surface area contributed by atoms with Crippen molar-refractivity contribution in [2.45, 2.75) is 25.7 Å². The second-order valence-electron chi connectivity index (χ2n) is 6.65. The van der Waals surface area contributed by atoms with Crippen LogP contribution in [-0.4, -0.2) is 27.1 Å². The van der Waals surface area contributed by atoms with Gasteiger partial charge in [0, 0.05) is 19.5 Å². The van der Waals surface area contributed by atoms with Gasteiger partial charge >= 0.3 is 0 Å². The average molecular weight is 522 g/mol. The van der Waals surface area contributed by atoms with E-state index >= 15 is 0 Å². The van der Waals surface area contributed by atoms with E-state index in [0.717, 1.165) is 0 Å². The Hall–Kier alpha value is 0.857. The van der Waals surface area contributed by atoms with Crippen molar-refractivity contribution < 1.29 is 0 Å². The lowest BCUT2D eigenvalue weighted by Gasteiger charge is -2.39. The highest BCUT2D eigenvalue weighted by Crippen LogP contribution is 2.55. The van der Waals surface area contributed by atoms with Crippen LogP contribution >= 0.6 is 45.2 Å². The van der Waals surface area contributed by atoms with Crippen LogP contribution in [0.25, 0.3) is 0 Å². The summed E-state index contributed by atoms with van der Waals surface area (Å²) in [6, 6.07) is 9.08. The first-order valence-corrected chi connectivity index (χ1v) is 12.8. The van der Waals surface area contributed by atoms with Gasteiger partial charge in [-0.15, -0.1) is 0 Å². The van der Waals surface area contributed by atoms with E-state index in [1.165, 1.54) is 19.0 Å². The highest BCUT2D eigenvalue weighted by molar-refractivity contribution is 14.1. The van der Waals surface area contributed by atoms with Crippen LogP contribution in [0.2, 0.25) is 19.6 Å². The first kappa shape index (κ1) is 18.2. The monoisotopic (exact) mass is 522 g/mol. The van der Waals surface area contributed by atoms with Crippen LogP contribution in [0.1, 0.15) is 11.6 Å². The smallest absolute Gasteiger partial charge is 0.0522 e. The minimum absolute atomic E-state index is 0.335. The molecule has 2 rings (SSSR count). The summed E-state index contributed by atoms with van der Waals surface area (Å²) >= 11 is 4.96. The zero-order valence-corrected chi connectivity index (χ0v) is 18.6. The maximum absolute atomic E-state index is 2.50. The molecule has 1 fully saturated rings. The summed E-state index contributed by atoms with van der Waals surface area (Å²) in [5.74, 6) is 1.52. The van der Waals surface area contributed by atoms with Crippen LogP contribution in [0.5, 0.6) is 0 Å². The molecule has 21 heavy (non-hydrogen) atoms. The maximum atomic E-state index is 2.50. The molecule has 1 aliphatic carbocycles. The number of nitrogens with zero attached hydrogens (tertiary/aromatic N) is 1. The largest absolute Gasteiger partial charge is 0.302 e. The Bertz CT molecular complexity index is 484. The lowest BCUT2D eigenvalue weighted by molar-refractivity contribution is 0.317. The molecular formula is C17H22I2NSi. The van der Waals surface area contributed by atoms with Crippen LogP contribution < -0.4 is 0 Å². The lowest BCUT2D eigenvalue weighted by atomic mass is 9.90. The molecule has 1 aromatic carbocycles. The van der Waals surface area contributed by atoms with Gasteiger partial charge in [0.1, 0.15) is 0 Å². The van der Waals surface area contributed by atoms with Crippen molar-refractivity contribution in [3.63, 3.8) is 0 Å². The van der Waals surface area contributed by atoms with Gasteiger partial charge in [0.15, 0.2) is 0 Å². The molecule has 0 N–H and O–H groups in total. The molecule has 5 radical (unpaired) electrons. The van der Waals surface area contributed by atoms with Crippen molar-refractivity contribution in [2.75, 3.05) is 14.1 Å². The van der Waals surface area contributed by atoms with Gasteiger partial charge in [0.25, 0.3) is 0 Å². The van der Waals surface area contributed by atoms with Crippen molar-refractivity contribution >= 4 is 53.3 Å². The molecule has 1 nitrogen and oxygen atoms in total. The number of benzene rings is 1. The number of rotatable bonds is 4. The van der Waals surface area contributed by atoms with E-state index in [4.69, 9.17) is 0 Å². The quantitative estimate of drug-likeness (QED) is 0.383. The zero-order valence-electron chi connectivity index (χ0n) is 13.2. The van der Waals surface area contributed by atoms with Crippen molar-refractivity contribution in [2.24, 2.45) is 0 Å². The van der Waals surface area contributed by atoms with E-state index in [9.17, 15) is 0 Å². The second kappa shape index (κ2) is 7.17. The fourth-order valence-electron chi connectivity index (χ4n) is 2.79. The summed E-state index contributed by atoms with van der Waals surface area (Å²) in [7, 11) is 3.02. The first-order valence-electron chi connectivity index (χ1n) is 7.10. The molecule has 0 amide bonds. The van der Waals surface area contributed by atoms with E-state index in [0.29, 0.717) is 6.04 Å². The Morgan fingerprint density at radius 1 is 1.00 bits per heavy atom. The van der Waals surface area contributed by atoms with Gasteiger partial charge in [-0.3, -0.25) is 0 Å². The molecule has 0 saturated heterocycles. The summed E-state index contributed by atoms with van der Waals surface area (Å²) in [5.41, 5.74) is 3.00. The topological polar surface area (TPSA) is 3.24 Å². The molecular weight excluding hydrogens is 500 g/mol. The first-order chi connectivity index (χ1) is 9.73. The third-order valence-electron chi connectivity index (χ3n) is 3.74. The van der Waals surface area contributed by atoms with Crippen molar-refractivity contribution in [1.29, 1.82) is 0 Å². The fraction of sp³-hybridized carbons (Fsp3) is 0.353. The Kier molecular flexibility index (Phi) is 6.22. The predicted octanol–water partition coefficient (Wildman–Crippen LogP) is 5.31. The molecule has 4 heteroatoms. The van der Waals surface area contributed by atoms with Gasteiger partial charge in [-0.2, -0.15) is 0 Å². The number of hydrogen-bond acceptors (Lipinski definition) is 1. The third-order valence-corrected chi connectivity index (χ3v) is 7.72. The van der Waals surface area contributed by atoms with Crippen molar-refractivity contribution in [3.05, 3.63) is 61.6 Å². The van der Waals surface area contributed by atoms with E-state index < -0.39 is 8.07 Å². The molecule has 0 heterocycles. The molecule has 0 bridgehead atoms. The molecule has 0 spiro atoms. The number of halogens is 2. The van der Waals surface area contributed by atoms with Crippen LogP contribution in [-0.2, 0) is 0 Å². The summed E-state index contributed by atoms with van der Waals surface area (Å²) in [5, 5.41) is 0. The van der Waals surface area contributed by atoms with Crippen LogP contribution in [0.15, 0.2) is 24.3 Å². The van der Waals surface area contributed by atoms with Crippen LogP contribution in [0.3, 0.4) is 0 Å². The Morgan fingerprint density at radius 3 is 2.14 bits per heavy atom. The van der Waals surface area contributed by atoms with Crippen LogP contribution in [0, 0.1) is 31.8 Å². The summed E-state index contributed by atoms with van der Waals surface area (Å²) in [6.07, 6.45) is 4.64. The van der Waals surface area contributed by atoms with Crippen LogP contribution in [0.4, 0.5) is 0 Å². The van der Waals surface area contributed by atoms with E-state index in [1.54, 1.807) is 5.54 Å². The van der Waals surface area contributed by atoms with Crippen molar-refractivity contribution in [3.8, 4) is 0 Å². The number of hydrogen-bond donors (Lipinski definition) is 0. The molecule has 0 unspecified atom stereocenters. The van der Waals surface area contributed by atoms with E-state index in [2.05, 4.69) is 121 Å². The predicted molar refractivity (Wildman–Crippen MR) is 111 cm³/mol. The lowest BCUT2D eigenvalue weighted by Crippen LogP contribution is -2.39. The van der Waals surface area contributed by atoms with E-state index in [-0.39, 0.29) is 0 Å². The summed E-state index contributed by atoms with van der Waals surface area (Å²) < 4.78 is 2.73. The minimum Gasteiger partial charge on any atom is -0.302 e. The second-order valence-corrected chi connectivity index (χ2v) is 14.0. The summed E-state index contributed by atoms with van der Waals surface area (Å²) in [4.78, 5) is 2.35. The SMILES string of the molecule is CN(C)[C@@H]([C]1[C](I)[CH][CH][C]1[Si](C)(C)C)c1ccccc1I. The van der Waals surface area contributed by atoms with Gasteiger partial charge in [-0.05, 0) is 66.7 Å². The van der Waals surface area contributed by atoms with Gasteiger partial charge in [0.2, 0.25) is 0 Å². The highest BCUT2D eigenvalue weighted by Gasteiger charge is 2.48. The average Bonchev–Trinajstić information content (AvgIpc) is 2.74. The minimum atomic E-state index is -1.35. The van der Waals surface area contributed by atoms with E-state index in [1.807, 2.05) is 0 Å². The zero-order chi connectivity index (χ0) is 15.8. The molecule has 1 aliphatic rings. The van der Waals surface area contributed by atoms with Crippen molar-refractivity contribution in [1.82, 2.24) is 4.90 Å². The van der Waals surface area contributed by atoms with Gasteiger partial charge in [-0.25, -0.2) is 0 Å². The maximum Gasteiger partial charge on any atom is 0.0522 e. The Balaban J connectivity index is 2.44. The molecule has 1 atom stereocenters. The third kappa shape index (κ3) is 4.04. The standard InChI is InChI=1S/C17H22I2NSi/c1-20(2)17(12-8-6-7-9-13(12)18)16-14(19)10-11-15(16)21(3,4)5/h6-11,17H,1-5H3/t17-/m1/s1. The Morgan fingerprint density at radius 2 is 1.62 bits per heavy atom.